The summed E-state index contributed by atoms with van der Waals surface area (Å²) < 4.78 is 0. The molecule has 1 atom stereocenters. The quantitative estimate of drug-likeness (QED) is 0.592. The number of carboxylic acids is 1. The fraction of sp³-hybridized carbons (Fsp3) is 0.500. The van der Waals surface area contributed by atoms with Gasteiger partial charge in [-0.3, -0.25) is 0 Å². The lowest BCUT2D eigenvalue weighted by Gasteiger charge is -2.06. The normalized spacial score (nSPS) is 30.8. The Morgan fingerprint density at radius 3 is 2.80 bits per heavy atom. The second-order valence-corrected chi connectivity index (χ2v) is 2.99. The average Bonchev–Trinajstić information content (AvgIpc) is 2.44. The molecule has 2 rings (SSSR count). The molecule has 1 unspecified atom stereocenters. The second-order valence-electron chi connectivity index (χ2n) is 2.99. The molecule has 1 fully saturated rings. The van der Waals surface area contributed by atoms with E-state index in [2.05, 4.69) is 0 Å². The predicted octanol–water partition coefficient (Wildman–Crippen LogP) is 1.39. The zero-order valence-corrected chi connectivity index (χ0v) is 5.63. The van der Waals surface area contributed by atoms with Crippen molar-refractivity contribution in [3.63, 3.8) is 0 Å². The number of fused-ring (bicyclic) bond motifs is 2. The van der Waals surface area contributed by atoms with Crippen molar-refractivity contribution in [1.82, 2.24) is 0 Å². The van der Waals surface area contributed by atoms with E-state index in [1.54, 1.807) is 0 Å². The van der Waals surface area contributed by atoms with Crippen molar-refractivity contribution in [2.24, 2.45) is 5.92 Å². The molecule has 2 aliphatic rings. The van der Waals surface area contributed by atoms with Gasteiger partial charge in [-0.1, -0.05) is 6.08 Å². The molecule has 2 heteroatoms. The van der Waals surface area contributed by atoms with Crippen molar-refractivity contribution in [1.29, 1.82) is 0 Å². The number of carboxylic acid groups (broad SMARTS) is 1. The Kier molecular flexibility index (Phi) is 1.10. The van der Waals surface area contributed by atoms with Crippen LogP contribution < -0.4 is 0 Å². The van der Waals surface area contributed by atoms with E-state index in [1.165, 1.54) is 6.42 Å². The molecule has 53 valence electrons. The Balaban J connectivity index is 2.25. The topological polar surface area (TPSA) is 37.3 Å². The van der Waals surface area contributed by atoms with Gasteiger partial charge in [-0.05, 0) is 25.2 Å². The molecule has 0 aromatic rings. The summed E-state index contributed by atoms with van der Waals surface area (Å²) in [4.78, 5) is 10.5. The number of carbonyl (C=O) groups is 1. The number of allylic oxidation sites excluding steroid dienone is 1. The number of hydrogen-bond acceptors (Lipinski definition) is 1. The van der Waals surface area contributed by atoms with Crippen LogP contribution in [0.5, 0.6) is 0 Å². The maximum Gasteiger partial charge on any atom is 0.331 e. The molecule has 1 N–H and O–H groups in total. The van der Waals surface area contributed by atoms with Crippen LogP contribution in [0.25, 0.3) is 0 Å². The van der Waals surface area contributed by atoms with Crippen molar-refractivity contribution in [3.8, 4) is 0 Å². The van der Waals surface area contributed by atoms with E-state index in [9.17, 15) is 4.79 Å². The highest BCUT2D eigenvalue weighted by atomic mass is 16.4. The first kappa shape index (κ1) is 5.96. The van der Waals surface area contributed by atoms with Gasteiger partial charge >= 0.3 is 5.97 Å². The summed E-state index contributed by atoms with van der Waals surface area (Å²) in [5, 5.41) is 8.65. The molecule has 2 nitrogen and oxygen atoms in total. The third-order valence-electron chi connectivity index (χ3n) is 2.34. The molecule has 0 aliphatic heterocycles. The lowest BCUT2D eigenvalue weighted by atomic mass is 9.99. The zero-order valence-electron chi connectivity index (χ0n) is 5.63. The highest BCUT2D eigenvalue weighted by molar-refractivity contribution is 5.91. The Morgan fingerprint density at radius 1 is 1.70 bits per heavy atom. The third-order valence-corrected chi connectivity index (χ3v) is 2.34. The minimum Gasteiger partial charge on any atom is -0.478 e. The van der Waals surface area contributed by atoms with Crippen LogP contribution >= 0.6 is 0 Å². The summed E-state index contributed by atoms with van der Waals surface area (Å²) in [5.41, 5.74) is 0.594. The van der Waals surface area contributed by atoms with E-state index < -0.39 is 5.97 Å². The Labute approximate surface area is 59.5 Å². The summed E-state index contributed by atoms with van der Waals surface area (Å²) >= 11 is 0. The van der Waals surface area contributed by atoms with Gasteiger partial charge < -0.3 is 5.11 Å². The molecular formula is C8H9O2. The lowest BCUT2D eigenvalue weighted by Crippen LogP contribution is -2.06. The van der Waals surface area contributed by atoms with Crippen molar-refractivity contribution in [2.45, 2.75) is 19.3 Å². The fourth-order valence-corrected chi connectivity index (χ4v) is 1.84. The number of hydrogen-bond donors (Lipinski definition) is 1. The zero-order chi connectivity index (χ0) is 7.14. The first-order valence-electron chi connectivity index (χ1n) is 3.57. The van der Waals surface area contributed by atoms with Crippen molar-refractivity contribution in [2.75, 3.05) is 0 Å². The highest BCUT2D eigenvalue weighted by Gasteiger charge is 2.36. The molecule has 0 amide bonds. The largest absolute Gasteiger partial charge is 0.478 e. The Morgan fingerprint density at radius 2 is 2.50 bits per heavy atom. The van der Waals surface area contributed by atoms with Gasteiger partial charge in [0.2, 0.25) is 0 Å². The van der Waals surface area contributed by atoms with Crippen LogP contribution in [0.3, 0.4) is 0 Å². The second kappa shape index (κ2) is 1.84. The van der Waals surface area contributed by atoms with E-state index in [4.69, 9.17) is 5.11 Å². The summed E-state index contributed by atoms with van der Waals surface area (Å²) in [6, 6.07) is 0. The van der Waals surface area contributed by atoms with Crippen LogP contribution in [-0.4, -0.2) is 11.1 Å². The maximum absolute atomic E-state index is 10.5. The van der Waals surface area contributed by atoms with Crippen molar-refractivity contribution < 1.29 is 9.90 Å². The molecule has 0 aromatic heterocycles. The summed E-state index contributed by atoms with van der Waals surface area (Å²) in [6.07, 6.45) is 5.11. The highest BCUT2D eigenvalue weighted by Crippen LogP contribution is 2.45. The van der Waals surface area contributed by atoms with Gasteiger partial charge in [-0.15, -0.1) is 0 Å². The van der Waals surface area contributed by atoms with Crippen LogP contribution in [0.4, 0.5) is 0 Å². The van der Waals surface area contributed by atoms with Crippen LogP contribution in [0.2, 0.25) is 0 Å². The number of rotatable bonds is 1. The van der Waals surface area contributed by atoms with Crippen molar-refractivity contribution in [3.05, 3.63) is 17.6 Å². The van der Waals surface area contributed by atoms with E-state index in [0.717, 1.165) is 18.8 Å². The molecular weight excluding hydrogens is 128 g/mol. The van der Waals surface area contributed by atoms with Crippen LogP contribution in [-0.2, 0) is 4.79 Å². The minimum absolute atomic E-state index is 0.557. The molecule has 0 spiro atoms. The molecule has 0 heterocycles. The molecule has 10 heavy (non-hydrogen) atoms. The Hall–Kier alpha value is -0.790. The van der Waals surface area contributed by atoms with E-state index in [-0.39, 0.29) is 0 Å². The van der Waals surface area contributed by atoms with Crippen LogP contribution in [0, 0.1) is 11.8 Å². The van der Waals surface area contributed by atoms with Crippen LogP contribution in [0.15, 0.2) is 11.6 Å². The van der Waals surface area contributed by atoms with Crippen molar-refractivity contribution >= 4 is 5.97 Å². The SMILES string of the molecule is O=C(O)C1=CC2CC[C]1C2. The van der Waals surface area contributed by atoms with Gasteiger partial charge in [0.15, 0.2) is 0 Å². The van der Waals surface area contributed by atoms with Gasteiger partial charge in [0.25, 0.3) is 0 Å². The van der Waals surface area contributed by atoms with Gasteiger partial charge in [0.1, 0.15) is 0 Å². The van der Waals surface area contributed by atoms with Gasteiger partial charge in [0.05, 0.1) is 0 Å². The predicted molar refractivity (Wildman–Crippen MR) is 36.3 cm³/mol. The van der Waals surface area contributed by atoms with E-state index in [1.807, 2.05) is 6.08 Å². The van der Waals surface area contributed by atoms with Gasteiger partial charge in [0, 0.05) is 11.5 Å². The summed E-state index contributed by atoms with van der Waals surface area (Å²) in [7, 11) is 0. The smallest absolute Gasteiger partial charge is 0.331 e. The van der Waals surface area contributed by atoms with Crippen LogP contribution in [0.1, 0.15) is 19.3 Å². The maximum atomic E-state index is 10.5. The molecule has 2 bridgehead atoms. The van der Waals surface area contributed by atoms with E-state index in [0.29, 0.717) is 11.5 Å². The average molecular weight is 137 g/mol. The monoisotopic (exact) mass is 137 g/mol. The molecule has 1 radical (unpaired) electrons. The summed E-state index contributed by atoms with van der Waals surface area (Å²) in [5.74, 6) is 0.982. The fourth-order valence-electron chi connectivity index (χ4n) is 1.84. The summed E-state index contributed by atoms with van der Waals surface area (Å²) in [6.45, 7) is 0. The molecule has 0 aromatic carbocycles. The first-order valence-corrected chi connectivity index (χ1v) is 3.57. The standard InChI is InChI=1S/C8H9O2/c9-8(10)7-4-5-1-2-6(7)3-5/h4-5H,1-3H2,(H,9,10). The van der Waals surface area contributed by atoms with E-state index >= 15 is 0 Å². The van der Waals surface area contributed by atoms with Gasteiger partial charge in [-0.25, -0.2) is 4.79 Å². The lowest BCUT2D eigenvalue weighted by molar-refractivity contribution is -0.132. The first-order chi connectivity index (χ1) is 4.77. The minimum atomic E-state index is -0.739. The molecule has 0 saturated heterocycles. The Bertz CT molecular complexity index is 205. The number of aliphatic carboxylic acids is 1. The molecule has 1 saturated carbocycles. The van der Waals surface area contributed by atoms with Gasteiger partial charge in [-0.2, -0.15) is 0 Å². The molecule has 2 aliphatic carbocycles. The third kappa shape index (κ3) is 0.681.